The van der Waals surface area contributed by atoms with Crippen molar-refractivity contribution in [3.05, 3.63) is 12.2 Å². The molecule has 4 nitrogen and oxygen atoms in total. The van der Waals surface area contributed by atoms with Crippen molar-refractivity contribution < 1.29 is 19.4 Å². The van der Waals surface area contributed by atoms with Crippen LogP contribution >= 0.6 is 0 Å². The Hall–Kier alpha value is -0.870. The third-order valence-corrected chi connectivity index (χ3v) is 2.28. The van der Waals surface area contributed by atoms with Gasteiger partial charge in [-0.1, -0.05) is 6.58 Å². The van der Waals surface area contributed by atoms with Crippen molar-refractivity contribution >= 4 is 5.97 Å². The average Bonchev–Trinajstić information content (AvgIpc) is 2.99. The standard InChI is InChI=1S/C11H18O4/c1-8(2)11(13)15-9(10-7-14-10)5-3-4-6-12/h9-10,12H,1,3-7H2,2H3. The SMILES string of the molecule is C=C(C)C(=O)OC(CCCCO)C1CO1. The van der Waals surface area contributed by atoms with E-state index in [1.807, 2.05) is 0 Å². The van der Waals surface area contributed by atoms with Crippen LogP contribution in [0.2, 0.25) is 0 Å². The Balaban J connectivity index is 2.30. The van der Waals surface area contributed by atoms with E-state index in [1.165, 1.54) is 0 Å². The van der Waals surface area contributed by atoms with Crippen LogP contribution in [0.5, 0.6) is 0 Å². The van der Waals surface area contributed by atoms with E-state index in [-0.39, 0.29) is 24.8 Å². The molecule has 0 amide bonds. The molecule has 1 N–H and O–H groups in total. The predicted octanol–water partition coefficient (Wildman–Crippen LogP) is 1.04. The van der Waals surface area contributed by atoms with Crippen molar-refractivity contribution in [3.8, 4) is 0 Å². The maximum atomic E-state index is 11.3. The lowest BCUT2D eigenvalue weighted by atomic mass is 10.1. The van der Waals surface area contributed by atoms with Crippen LogP contribution in [0.4, 0.5) is 0 Å². The second-order valence-corrected chi connectivity index (χ2v) is 3.82. The van der Waals surface area contributed by atoms with Crippen molar-refractivity contribution in [2.24, 2.45) is 0 Å². The number of unbranched alkanes of at least 4 members (excludes halogenated alkanes) is 1. The summed E-state index contributed by atoms with van der Waals surface area (Å²) in [5.41, 5.74) is 0.405. The molecule has 0 aromatic rings. The molecule has 2 atom stereocenters. The van der Waals surface area contributed by atoms with Crippen LogP contribution in [0, 0.1) is 0 Å². The summed E-state index contributed by atoms with van der Waals surface area (Å²) in [5.74, 6) is -0.362. The number of carbonyl (C=O) groups excluding carboxylic acids is 1. The monoisotopic (exact) mass is 214 g/mol. The molecule has 15 heavy (non-hydrogen) atoms. The summed E-state index contributed by atoms with van der Waals surface area (Å²) in [6, 6.07) is 0. The first kappa shape index (κ1) is 12.2. The third kappa shape index (κ3) is 4.44. The van der Waals surface area contributed by atoms with Crippen LogP contribution in [-0.2, 0) is 14.3 Å². The van der Waals surface area contributed by atoms with Crippen LogP contribution in [0.1, 0.15) is 26.2 Å². The van der Waals surface area contributed by atoms with Gasteiger partial charge in [-0.3, -0.25) is 0 Å². The Morgan fingerprint density at radius 2 is 2.33 bits per heavy atom. The van der Waals surface area contributed by atoms with Gasteiger partial charge >= 0.3 is 5.97 Å². The first-order chi connectivity index (χ1) is 7.15. The first-order valence-corrected chi connectivity index (χ1v) is 5.24. The normalized spacial score (nSPS) is 20.8. The lowest BCUT2D eigenvalue weighted by Gasteiger charge is -2.15. The summed E-state index contributed by atoms with van der Waals surface area (Å²) in [6.07, 6.45) is 2.18. The van der Waals surface area contributed by atoms with Crippen LogP contribution in [0.3, 0.4) is 0 Å². The summed E-state index contributed by atoms with van der Waals surface area (Å²) in [5, 5.41) is 8.65. The summed E-state index contributed by atoms with van der Waals surface area (Å²) >= 11 is 0. The fourth-order valence-corrected chi connectivity index (χ4v) is 1.29. The zero-order valence-electron chi connectivity index (χ0n) is 9.07. The van der Waals surface area contributed by atoms with Crippen LogP contribution in [0.15, 0.2) is 12.2 Å². The van der Waals surface area contributed by atoms with Gasteiger partial charge in [-0.15, -0.1) is 0 Å². The van der Waals surface area contributed by atoms with Crippen molar-refractivity contribution in [3.63, 3.8) is 0 Å². The van der Waals surface area contributed by atoms with E-state index in [4.69, 9.17) is 14.6 Å². The zero-order chi connectivity index (χ0) is 11.3. The lowest BCUT2D eigenvalue weighted by molar-refractivity contribution is -0.145. The molecule has 1 aliphatic heterocycles. The second kappa shape index (κ2) is 5.88. The topological polar surface area (TPSA) is 59.1 Å². The minimum atomic E-state index is -0.362. The van der Waals surface area contributed by atoms with Gasteiger partial charge in [-0.25, -0.2) is 4.79 Å². The lowest BCUT2D eigenvalue weighted by Crippen LogP contribution is -2.24. The van der Waals surface area contributed by atoms with Gasteiger partial charge in [-0.05, 0) is 26.2 Å². The number of carbonyl (C=O) groups is 1. The number of hydrogen-bond donors (Lipinski definition) is 1. The molecule has 4 heteroatoms. The van der Waals surface area contributed by atoms with Crippen molar-refractivity contribution in [2.45, 2.75) is 38.4 Å². The van der Waals surface area contributed by atoms with Gasteiger partial charge in [0.15, 0.2) is 0 Å². The number of rotatable bonds is 7. The Morgan fingerprint density at radius 3 is 2.80 bits per heavy atom. The predicted molar refractivity (Wildman–Crippen MR) is 55.4 cm³/mol. The highest BCUT2D eigenvalue weighted by molar-refractivity contribution is 5.87. The highest BCUT2D eigenvalue weighted by Gasteiger charge is 2.35. The average molecular weight is 214 g/mol. The molecule has 0 aromatic carbocycles. The molecular formula is C11H18O4. The second-order valence-electron chi connectivity index (χ2n) is 3.82. The van der Waals surface area contributed by atoms with E-state index >= 15 is 0 Å². The first-order valence-electron chi connectivity index (χ1n) is 5.24. The fourth-order valence-electron chi connectivity index (χ4n) is 1.29. The van der Waals surface area contributed by atoms with E-state index in [1.54, 1.807) is 6.92 Å². The minimum Gasteiger partial charge on any atom is -0.456 e. The molecule has 1 rings (SSSR count). The quantitative estimate of drug-likeness (QED) is 0.298. The van der Waals surface area contributed by atoms with Crippen LogP contribution in [0.25, 0.3) is 0 Å². The van der Waals surface area contributed by atoms with Gasteiger partial charge in [0, 0.05) is 12.2 Å². The molecule has 2 unspecified atom stereocenters. The van der Waals surface area contributed by atoms with E-state index in [0.717, 1.165) is 19.3 Å². The van der Waals surface area contributed by atoms with E-state index in [2.05, 4.69) is 6.58 Å². The molecule has 0 aliphatic carbocycles. The molecule has 1 aliphatic rings. The maximum absolute atomic E-state index is 11.3. The highest BCUT2D eigenvalue weighted by atomic mass is 16.6. The Bertz CT molecular complexity index is 233. The smallest absolute Gasteiger partial charge is 0.333 e. The molecule has 0 radical (unpaired) electrons. The number of epoxide rings is 1. The van der Waals surface area contributed by atoms with Crippen LogP contribution in [-0.4, -0.2) is 36.5 Å². The fraction of sp³-hybridized carbons (Fsp3) is 0.727. The molecule has 0 bridgehead atoms. The summed E-state index contributed by atoms with van der Waals surface area (Å²) in [6.45, 7) is 5.99. The number of hydrogen-bond acceptors (Lipinski definition) is 4. The Kier molecular flexibility index (Phi) is 4.78. The zero-order valence-corrected chi connectivity index (χ0v) is 9.07. The molecular weight excluding hydrogens is 196 g/mol. The van der Waals surface area contributed by atoms with E-state index < -0.39 is 0 Å². The largest absolute Gasteiger partial charge is 0.456 e. The molecule has 1 heterocycles. The van der Waals surface area contributed by atoms with Gasteiger partial charge in [0.25, 0.3) is 0 Å². The van der Waals surface area contributed by atoms with Gasteiger partial charge < -0.3 is 14.6 Å². The molecule has 0 saturated carbocycles. The minimum absolute atomic E-state index is 0.0481. The summed E-state index contributed by atoms with van der Waals surface area (Å²) in [7, 11) is 0. The Labute approximate surface area is 89.9 Å². The van der Waals surface area contributed by atoms with Crippen molar-refractivity contribution in [2.75, 3.05) is 13.2 Å². The number of aliphatic hydroxyl groups excluding tert-OH is 1. The third-order valence-electron chi connectivity index (χ3n) is 2.28. The molecule has 86 valence electrons. The summed E-state index contributed by atoms with van der Waals surface area (Å²) in [4.78, 5) is 11.3. The van der Waals surface area contributed by atoms with E-state index in [0.29, 0.717) is 12.2 Å². The van der Waals surface area contributed by atoms with Crippen molar-refractivity contribution in [1.82, 2.24) is 0 Å². The van der Waals surface area contributed by atoms with Gasteiger partial charge in [0.1, 0.15) is 12.2 Å². The van der Waals surface area contributed by atoms with Gasteiger partial charge in [0.05, 0.1) is 6.61 Å². The number of esters is 1. The maximum Gasteiger partial charge on any atom is 0.333 e. The summed E-state index contributed by atoms with van der Waals surface area (Å²) < 4.78 is 10.3. The number of ether oxygens (including phenoxy) is 2. The molecule has 1 saturated heterocycles. The molecule has 0 spiro atoms. The van der Waals surface area contributed by atoms with Gasteiger partial charge in [0.2, 0.25) is 0 Å². The molecule has 1 fully saturated rings. The van der Waals surface area contributed by atoms with E-state index in [9.17, 15) is 4.79 Å². The van der Waals surface area contributed by atoms with Crippen LogP contribution < -0.4 is 0 Å². The van der Waals surface area contributed by atoms with Gasteiger partial charge in [-0.2, -0.15) is 0 Å². The highest BCUT2D eigenvalue weighted by Crippen LogP contribution is 2.22. The number of aliphatic hydroxyl groups is 1. The Morgan fingerprint density at radius 1 is 1.67 bits per heavy atom. The molecule has 0 aromatic heterocycles. The van der Waals surface area contributed by atoms with Crippen molar-refractivity contribution in [1.29, 1.82) is 0 Å².